The Balaban J connectivity index is 1.48. The Kier molecular flexibility index (Phi) is 3.81. The van der Waals surface area contributed by atoms with Gasteiger partial charge in [0.2, 0.25) is 0 Å². The third-order valence-corrected chi connectivity index (χ3v) is 4.27. The Morgan fingerprint density at radius 3 is 3.05 bits per heavy atom. The van der Waals surface area contributed by atoms with E-state index in [1.54, 1.807) is 10.9 Å². The van der Waals surface area contributed by atoms with Crippen LogP contribution in [0.1, 0.15) is 42.6 Å². The highest BCUT2D eigenvalue weighted by Gasteiger charge is 2.42. The van der Waals surface area contributed by atoms with Crippen LogP contribution in [0, 0.1) is 0 Å². The quantitative estimate of drug-likeness (QED) is 0.920. The second kappa shape index (κ2) is 5.56. The molecule has 1 aromatic heterocycles. The molecule has 2 aliphatic rings. The second-order valence-corrected chi connectivity index (χ2v) is 5.82. The smallest absolute Gasteiger partial charge is 0.270 e. The van der Waals surface area contributed by atoms with Gasteiger partial charge < -0.3 is 14.8 Å². The van der Waals surface area contributed by atoms with Gasteiger partial charge in [0, 0.05) is 24.8 Å². The summed E-state index contributed by atoms with van der Waals surface area (Å²) in [6.07, 6.45) is 5.50. The van der Waals surface area contributed by atoms with E-state index in [0.717, 1.165) is 25.7 Å². The Morgan fingerprint density at radius 2 is 2.32 bits per heavy atom. The number of thiazole rings is 1. The van der Waals surface area contributed by atoms with Crippen LogP contribution in [0.15, 0.2) is 10.9 Å². The van der Waals surface area contributed by atoms with Gasteiger partial charge in [-0.3, -0.25) is 4.79 Å². The van der Waals surface area contributed by atoms with E-state index >= 15 is 0 Å². The minimum absolute atomic E-state index is 0.0410. The van der Waals surface area contributed by atoms with Crippen molar-refractivity contribution < 1.29 is 14.3 Å². The molecule has 0 bridgehead atoms. The summed E-state index contributed by atoms with van der Waals surface area (Å²) in [6, 6.07) is 0. The van der Waals surface area contributed by atoms with Crippen LogP contribution in [-0.4, -0.2) is 35.9 Å². The number of nitrogens with one attached hydrogen (secondary N) is 1. The van der Waals surface area contributed by atoms with Crippen LogP contribution in [0.4, 0.5) is 0 Å². The van der Waals surface area contributed by atoms with Crippen molar-refractivity contribution in [2.24, 2.45) is 0 Å². The molecule has 6 heteroatoms. The summed E-state index contributed by atoms with van der Waals surface area (Å²) in [7, 11) is 0. The number of amides is 1. The minimum atomic E-state index is -0.367. The van der Waals surface area contributed by atoms with Gasteiger partial charge in [-0.2, -0.15) is 0 Å². The largest absolute Gasteiger partial charge is 0.348 e. The van der Waals surface area contributed by atoms with Crippen molar-refractivity contribution in [3.05, 3.63) is 16.6 Å². The molecule has 2 heterocycles. The van der Waals surface area contributed by atoms with Gasteiger partial charge in [-0.1, -0.05) is 6.42 Å². The normalized spacial score (nSPS) is 25.6. The summed E-state index contributed by atoms with van der Waals surface area (Å²) in [6.45, 7) is 1.05. The third-order valence-electron chi connectivity index (χ3n) is 3.68. The summed E-state index contributed by atoms with van der Waals surface area (Å²) < 4.78 is 11.8. The predicted octanol–water partition coefficient (Wildman–Crippen LogP) is 1.95. The van der Waals surface area contributed by atoms with Gasteiger partial charge in [0.15, 0.2) is 5.79 Å². The maximum absolute atomic E-state index is 11.8. The number of nitrogens with zero attached hydrogens (tertiary/aromatic N) is 1. The molecule has 5 nitrogen and oxygen atoms in total. The average molecular weight is 282 g/mol. The number of aromatic nitrogens is 1. The summed E-state index contributed by atoms with van der Waals surface area (Å²) in [5.74, 6) is -0.511. The van der Waals surface area contributed by atoms with Crippen molar-refractivity contribution in [2.75, 3.05) is 13.2 Å². The first kappa shape index (κ1) is 13.0. The molecule has 1 aliphatic heterocycles. The minimum Gasteiger partial charge on any atom is -0.348 e. The monoisotopic (exact) mass is 282 g/mol. The van der Waals surface area contributed by atoms with Gasteiger partial charge in [-0.05, 0) is 12.8 Å². The van der Waals surface area contributed by atoms with Crippen LogP contribution in [0.25, 0.3) is 0 Å². The van der Waals surface area contributed by atoms with E-state index in [2.05, 4.69) is 10.3 Å². The van der Waals surface area contributed by atoms with Gasteiger partial charge in [-0.15, -0.1) is 11.3 Å². The molecule has 1 spiro atoms. The predicted molar refractivity (Wildman–Crippen MR) is 71.1 cm³/mol. The van der Waals surface area contributed by atoms with E-state index in [-0.39, 0.29) is 17.8 Å². The lowest BCUT2D eigenvalue weighted by atomic mass is 9.94. The highest BCUT2D eigenvalue weighted by atomic mass is 32.1. The molecule has 0 aromatic carbocycles. The summed E-state index contributed by atoms with van der Waals surface area (Å²) in [5, 5.41) is 4.59. The molecule has 1 saturated heterocycles. The van der Waals surface area contributed by atoms with E-state index < -0.39 is 0 Å². The van der Waals surface area contributed by atoms with Crippen LogP contribution in [-0.2, 0) is 9.47 Å². The lowest BCUT2D eigenvalue weighted by Crippen LogP contribution is -2.37. The first-order chi connectivity index (χ1) is 9.27. The van der Waals surface area contributed by atoms with Crippen molar-refractivity contribution in [1.82, 2.24) is 10.3 Å². The van der Waals surface area contributed by atoms with Crippen molar-refractivity contribution in [1.29, 1.82) is 0 Å². The van der Waals surface area contributed by atoms with Gasteiger partial charge in [0.25, 0.3) is 5.91 Å². The number of hydrogen-bond acceptors (Lipinski definition) is 5. The maximum Gasteiger partial charge on any atom is 0.270 e. The zero-order valence-corrected chi connectivity index (χ0v) is 11.6. The number of ether oxygens (including phenoxy) is 2. The first-order valence-electron chi connectivity index (χ1n) is 6.76. The van der Waals surface area contributed by atoms with E-state index in [0.29, 0.717) is 18.8 Å². The maximum atomic E-state index is 11.8. The second-order valence-electron chi connectivity index (χ2n) is 5.11. The molecule has 1 aromatic rings. The molecule has 1 N–H and O–H groups in total. The van der Waals surface area contributed by atoms with Gasteiger partial charge in [0.1, 0.15) is 11.8 Å². The summed E-state index contributed by atoms with van der Waals surface area (Å²) in [5.41, 5.74) is 2.12. The topological polar surface area (TPSA) is 60.5 Å². The van der Waals surface area contributed by atoms with Gasteiger partial charge >= 0.3 is 0 Å². The van der Waals surface area contributed by atoms with E-state index in [4.69, 9.17) is 9.47 Å². The fraction of sp³-hybridized carbons (Fsp3) is 0.692. The molecule has 104 valence electrons. The van der Waals surface area contributed by atoms with Crippen LogP contribution < -0.4 is 5.32 Å². The molecule has 0 radical (unpaired) electrons. The van der Waals surface area contributed by atoms with Gasteiger partial charge in [-0.25, -0.2) is 4.98 Å². The number of carbonyl (C=O) groups excluding carboxylic acids is 1. The summed E-state index contributed by atoms with van der Waals surface area (Å²) in [4.78, 5) is 15.7. The van der Waals surface area contributed by atoms with Crippen LogP contribution in [0.2, 0.25) is 0 Å². The molecule has 1 unspecified atom stereocenters. The first-order valence-corrected chi connectivity index (χ1v) is 7.70. The molecule has 1 atom stereocenters. The fourth-order valence-corrected chi connectivity index (χ4v) is 3.22. The number of rotatable bonds is 3. The Morgan fingerprint density at radius 1 is 1.47 bits per heavy atom. The molecular weight excluding hydrogens is 264 g/mol. The molecule has 2 fully saturated rings. The SMILES string of the molecule is O=C(NCC1COC2(CCCCC2)O1)c1cscn1. The zero-order valence-electron chi connectivity index (χ0n) is 10.8. The van der Waals surface area contributed by atoms with Crippen LogP contribution >= 0.6 is 11.3 Å². The molecule has 1 saturated carbocycles. The Labute approximate surface area is 116 Å². The lowest BCUT2D eigenvalue weighted by molar-refractivity contribution is -0.186. The molecular formula is C13H18N2O3S. The van der Waals surface area contributed by atoms with Crippen molar-refractivity contribution in [3.63, 3.8) is 0 Å². The lowest BCUT2D eigenvalue weighted by Gasteiger charge is -2.31. The van der Waals surface area contributed by atoms with Gasteiger partial charge in [0.05, 0.1) is 12.1 Å². The van der Waals surface area contributed by atoms with Crippen LogP contribution in [0.5, 0.6) is 0 Å². The molecule has 19 heavy (non-hydrogen) atoms. The zero-order chi connectivity index (χ0) is 13.1. The highest BCUT2D eigenvalue weighted by Crippen LogP contribution is 2.37. The van der Waals surface area contributed by atoms with Crippen molar-refractivity contribution in [3.8, 4) is 0 Å². The van der Waals surface area contributed by atoms with E-state index in [1.807, 2.05) is 0 Å². The standard InChI is InChI=1S/C13H18N2O3S/c16-12(11-8-19-9-15-11)14-6-10-7-17-13(18-10)4-2-1-3-5-13/h8-10H,1-7H2,(H,14,16). The van der Waals surface area contributed by atoms with Crippen molar-refractivity contribution in [2.45, 2.75) is 44.0 Å². The number of hydrogen-bond donors (Lipinski definition) is 1. The van der Waals surface area contributed by atoms with E-state index in [1.165, 1.54) is 17.8 Å². The third kappa shape index (κ3) is 2.96. The number of carbonyl (C=O) groups is 1. The molecule has 1 aliphatic carbocycles. The van der Waals surface area contributed by atoms with Crippen LogP contribution in [0.3, 0.4) is 0 Å². The molecule has 1 amide bonds. The Hall–Kier alpha value is -0.980. The average Bonchev–Trinajstić information content (AvgIpc) is 3.08. The summed E-state index contributed by atoms with van der Waals surface area (Å²) >= 11 is 1.42. The fourth-order valence-electron chi connectivity index (χ4n) is 2.69. The van der Waals surface area contributed by atoms with Crippen molar-refractivity contribution >= 4 is 17.2 Å². The van der Waals surface area contributed by atoms with E-state index in [9.17, 15) is 4.79 Å². The Bertz CT molecular complexity index is 429. The highest BCUT2D eigenvalue weighted by molar-refractivity contribution is 7.07. The molecule has 3 rings (SSSR count).